The summed E-state index contributed by atoms with van der Waals surface area (Å²) < 4.78 is 5.25. The van der Waals surface area contributed by atoms with Crippen molar-refractivity contribution in [3.8, 4) is 0 Å². The SMILES string of the molecule is CN(CC(O)CCC1CCOCC1)C(=O)O. The summed E-state index contributed by atoms with van der Waals surface area (Å²) in [4.78, 5) is 11.7. The average molecular weight is 231 g/mol. The Morgan fingerprint density at radius 3 is 2.69 bits per heavy atom. The van der Waals surface area contributed by atoms with Crippen LogP contribution in [0.5, 0.6) is 0 Å². The largest absolute Gasteiger partial charge is 0.465 e. The summed E-state index contributed by atoms with van der Waals surface area (Å²) in [5, 5.41) is 18.3. The van der Waals surface area contributed by atoms with Crippen molar-refractivity contribution in [2.75, 3.05) is 26.8 Å². The van der Waals surface area contributed by atoms with Gasteiger partial charge in [-0.05, 0) is 31.6 Å². The molecule has 0 aliphatic carbocycles. The van der Waals surface area contributed by atoms with E-state index in [-0.39, 0.29) is 6.54 Å². The third-order valence-corrected chi connectivity index (χ3v) is 3.06. The number of hydrogen-bond acceptors (Lipinski definition) is 3. The number of amides is 1. The molecule has 1 aliphatic rings. The summed E-state index contributed by atoms with van der Waals surface area (Å²) in [7, 11) is 1.47. The number of carboxylic acid groups (broad SMARTS) is 1. The van der Waals surface area contributed by atoms with Crippen molar-refractivity contribution in [1.29, 1.82) is 0 Å². The molecule has 1 rings (SSSR count). The summed E-state index contributed by atoms with van der Waals surface area (Å²) >= 11 is 0. The highest BCUT2D eigenvalue weighted by Gasteiger charge is 2.17. The van der Waals surface area contributed by atoms with E-state index in [1.807, 2.05) is 0 Å². The van der Waals surface area contributed by atoms with Gasteiger partial charge in [-0.25, -0.2) is 4.79 Å². The molecule has 1 fully saturated rings. The number of hydrogen-bond donors (Lipinski definition) is 2. The molecule has 0 aromatic carbocycles. The quantitative estimate of drug-likeness (QED) is 0.745. The van der Waals surface area contributed by atoms with E-state index < -0.39 is 12.2 Å². The van der Waals surface area contributed by atoms with Gasteiger partial charge >= 0.3 is 6.09 Å². The third kappa shape index (κ3) is 4.81. The highest BCUT2D eigenvalue weighted by atomic mass is 16.5. The highest BCUT2D eigenvalue weighted by Crippen LogP contribution is 2.20. The molecule has 94 valence electrons. The number of rotatable bonds is 5. The molecule has 2 N–H and O–H groups in total. The maximum absolute atomic E-state index is 10.5. The normalized spacial score (nSPS) is 19.4. The molecule has 16 heavy (non-hydrogen) atoms. The molecule has 1 unspecified atom stereocenters. The van der Waals surface area contributed by atoms with Gasteiger partial charge in [0.05, 0.1) is 6.10 Å². The summed E-state index contributed by atoms with van der Waals surface area (Å²) in [5.41, 5.74) is 0. The van der Waals surface area contributed by atoms with Crippen molar-refractivity contribution in [1.82, 2.24) is 4.90 Å². The zero-order chi connectivity index (χ0) is 12.0. The van der Waals surface area contributed by atoms with Crippen molar-refractivity contribution < 1.29 is 19.7 Å². The van der Waals surface area contributed by atoms with Crippen LogP contribution in [0.15, 0.2) is 0 Å². The summed E-state index contributed by atoms with van der Waals surface area (Å²) in [6.45, 7) is 1.82. The van der Waals surface area contributed by atoms with Gasteiger partial charge in [0.25, 0.3) is 0 Å². The molecule has 1 atom stereocenters. The lowest BCUT2D eigenvalue weighted by molar-refractivity contribution is 0.0533. The van der Waals surface area contributed by atoms with Crippen LogP contribution in [0.4, 0.5) is 4.79 Å². The van der Waals surface area contributed by atoms with Gasteiger partial charge in [-0.3, -0.25) is 0 Å². The van der Waals surface area contributed by atoms with Crippen LogP contribution in [-0.4, -0.2) is 54.1 Å². The first-order chi connectivity index (χ1) is 7.59. The molecular weight excluding hydrogens is 210 g/mol. The lowest BCUT2D eigenvalue weighted by Gasteiger charge is -2.24. The molecule has 0 radical (unpaired) electrons. The van der Waals surface area contributed by atoms with E-state index in [4.69, 9.17) is 9.84 Å². The predicted molar refractivity (Wildman–Crippen MR) is 59.4 cm³/mol. The van der Waals surface area contributed by atoms with Crippen LogP contribution in [0.2, 0.25) is 0 Å². The van der Waals surface area contributed by atoms with E-state index >= 15 is 0 Å². The minimum Gasteiger partial charge on any atom is -0.465 e. The molecule has 5 nitrogen and oxygen atoms in total. The minimum absolute atomic E-state index is 0.193. The zero-order valence-electron chi connectivity index (χ0n) is 9.76. The Morgan fingerprint density at radius 1 is 1.50 bits per heavy atom. The summed E-state index contributed by atoms with van der Waals surface area (Å²) in [6, 6.07) is 0. The Balaban J connectivity index is 2.13. The van der Waals surface area contributed by atoms with Crippen LogP contribution in [0.25, 0.3) is 0 Å². The molecule has 0 spiro atoms. The molecule has 0 saturated carbocycles. The molecule has 0 aromatic rings. The van der Waals surface area contributed by atoms with Crippen LogP contribution in [0.3, 0.4) is 0 Å². The topological polar surface area (TPSA) is 70.0 Å². The first-order valence-corrected chi connectivity index (χ1v) is 5.79. The first-order valence-electron chi connectivity index (χ1n) is 5.79. The molecule has 5 heteroatoms. The van der Waals surface area contributed by atoms with Crippen LogP contribution in [-0.2, 0) is 4.74 Å². The molecule has 0 bridgehead atoms. The highest BCUT2D eigenvalue weighted by molar-refractivity contribution is 5.64. The van der Waals surface area contributed by atoms with Gasteiger partial charge in [-0.15, -0.1) is 0 Å². The Labute approximate surface area is 96.0 Å². The van der Waals surface area contributed by atoms with E-state index in [9.17, 15) is 9.90 Å². The molecular formula is C11H21NO4. The number of aliphatic hydroxyl groups excluding tert-OH is 1. The zero-order valence-corrected chi connectivity index (χ0v) is 9.76. The van der Waals surface area contributed by atoms with E-state index in [0.29, 0.717) is 12.3 Å². The maximum atomic E-state index is 10.5. The van der Waals surface area contributed by atoms with E-state index in [1.165, 1.54) is 7.05 Å². The van der Waals surface area contributed by atoms with Crippen molar-refractivity contribution in [2.45, 2.75) is 31.8 Å². The summed E-state index contributed by atoms with van der Waals surface area (Å²) in [5.74, 6) is 0.624. The summed E-state index contributed by atoms with van der Waals surface area (Å²) in [6.07, 6.45) is 2.19. The van der Waals surface area contributed by atoms with E-state index in [1.54, 1.807) is 0 Å². The lowest BCUT2D eigenvalue weighted by Crippen LogP contribution is -2.33. The molecule has 1 heterocycles. The minimum atomic E-state index is -0.995. The van der Waals surface area contributed by atoms with Crippen LogP contribution in [0.1, 0.15) is 25.7 Å². The first kappa shape index (κ1) is 13.3. The van der Waals surface area contributed by atoms with Gasteiger partial charge in [0.2, 0.25) is 0 Å². The van der Waals surface area contributed by atoms with E-state index in [2.05, 4.69) is 0 Å². The smallest absolute Gasteiger partial charge is 0.407 e. The molecule has 1 saturated heterocycles. The second-order valence-corrected chi connectivity index (χ2v) is 4.45. The van der Waals surface area contributed by atoms with Gasteiger partial charge in [-0.1, -0.05) is 0 Å². The number of likely N-dealkylation sites (N-methyl/N-ethyl adjacent to an activating group) is 1. The number of ether oxygens (including phenoxy) is 1. The second kappa shape index (κ2) is 6.70. The van der Waals surface area contributed by atoms with Crippen molar-refractivity contribution >= 4 is 6.09 Å². The fourth-order valence-electron chi connectivity index (χ4n) is 1.95. The monoisotopic (exact) mass is 231 g/mol. The van der Waals surface area contributed by atoms with Crippen LogP contribution >= 0.6 is 0 Å². The third-order valence-electron chi connectivity index (χ3n) is 3.06. The Bertz CT molecular complexity index is 216. The predicted octanol–water partition coefficient (Wildman–Crippen LogP) is 1.16. The van der Waals surface area contributed by atoms with Gasteiger partial charge < -0.3 is 19.8 Å². The number of aliphatic hydroxyl groups is 1. The van der Waals surface area contributed by atoms with Gasteiger partial charge in [0.1, 0.15) is 0 Å². The Morgan fingerprint density at radius 2 is 2.12 bits per heavy atom. The average Bonchev–Trinajstić information content (AvgIpc) is 2.27. The second-order valence-electron chi connectivity index (χ2n) is 4.45. The van der Waals surface area contributed by atoms with E-state index in [0.717, 1.165) is 37.4 Å². The van der Waals surface area contributed by atoms with Crippen molar-refractivity contribution in [3.05, 3.63) is 0 Å². The van der Waals surface area contributed by atoms with Crippen molar-refractivity contribution in [2.24, 2.45) is 5.92 Å². The molecule has 1 aliphatic heterocycles. The van der Waals surface area contributed by atoms with Gasteiger partial charge in [0.15, 0.2) is 0 Å². The lowest BCUT2D eigenvalue weighted by atomic mass is 9.93. The number of nitrogens with zero attached hydrogens (tertiary/aromatic N) is 1. The molecule has 0 aromatic heterocycles. The van der Waals surface area contributed by atoms with Crippen LogP contribution < -0.4 is 0 Å². The Hall–Kier alpha value is -0.810. The molecule has 1 amide bonds. The standard InChI is InChI=1S/C11H21NO4/c1-12(11(14)15)8-10(13)3-2-9-4-6-16-7-5-9/h9-10,13H,2-8H2,1H3,(H,14,15). The fraction of sp³-hybridized carbons (Fsp3) is 0.909. The van der Waals surface area contributed by atoms with Gasteiger partial charge in [0, 0.05) is 26.8 Å². The van der Waals surface area contributed by atoms with Crippen LogP contribution in [0, 0.1) is 5.92 Å². The Kier molecular flexibility index (Phi) is 5.55. The number of carbonyl (C=O) groups is 1. The fourth-order valence-corrected chi connectivity index (χ4v) is 1.95. The van der Waals surface area contributed by atoms with Gasteiger partial charge in [-0.2, -0.15) is 0 Å². The van der Waals surface area contributed by atoms with Crippen molar-refractivity contribution in [3.63, 3.8) is 0 Å². The maximum Gasteiger partial charge on any atom is 0.407 e.